The van der Waals surface area contributed by atoms with Gasteiger partial charge in [0.15, 0.2) is 6.10 Å². The summed E-state index contributed by atoms with van der Waals surface area (Å²) in [6.45, 7) is 6.46. The zero-order valence-electron chi connectivity index (χ0n) is 40.2. The van der Waals surface area contributed by atoms with Crippen molar-refractivity contribution in [1.29, 1.82) is 0 Å². The minimum Gasteiger partial charge on any atom is -0.462 e. The minimum absolute atomic E-state index is 0.0827. The minimum atomic E-state index is -0.782. The molecule has 0 fully saturated rings. The molecule has 0 amide bonds. The van der Waals surface area contributed by atoms with Crippen LogP contribution >= 0.6 is 0 Å². The zero-order valence-corrected chi connectivity index (χ0v) is 40.2. The Hall–Kier alpha value is -2.89. The van der Waals surface area contributed by atoms with Crippen LogP contribution in [-0.2, 0) is 28.6 Å². The molecule has 6 heteroatoms. The standard InChI is InChI=1S/C55H96O6/c1-4-7-10-13-16-19-22-25-26-27-28-29-30-31-34-36-39-42-45-48-54(57)60-51-52(61-55(58)49-46-43-40-37-33-24-21-18-15-12-9-6-3)50-59-53(56)47-44-41-38-35-32-23-20-17-14-11-8-5-2/h7,10,16-21,25-26,52H,4-6,8-9,11-15,22-24,27-51H2,1-3H3/b10-7-,19-16-,20-17-,21-18-,26-25-. The summed E-state index contributed by atoms with van der Waals surface area (Å²) in [6, 6.07) is 0. The summed E-state index contributed by atoms with van der Waals surface area (Å²) in [4.78, 5) is 37.9. The van der Waals surface area contributed by atoms with E-state index in [4.69, 9.17) is 14.2 Å². The van der Waals surface area contributed by atoms with Gasteiger partial charge in [0.2, 0.25) is 0 Å². The highest BCUT2D eigenvalue weighted by atomic mass is 16.6. The molecular formula is C55H96O6. The lowest BCUT2D eigenvalue weighted by atomic mass is 10.1. The number of hydrogen-bond donors (Lipinski definition) is 0. The van der Waals surface area contributed by atoms with Gasteiger partial charge >= 0.3 is 17.9 Å². The van der Waals surface area contributed by atoms with Gasteiger partial charge in [0.1, 0.15) is 13.2 Å². The summed E-state index contributed by atoms with van der Waals surface area (Å²) < 4.78 is 16.8. The first-order valence-corrected chi connectivity index (χ1v) is 25.8. The summed E-state index contributed by atoms with van der Waals surface area (Å²) in [7, 11) is 0. The van der Waals surface area contributed by atoms with Gasteiger partial charge in [-0.05, 0) is 103 Å². The van der Waals surface area contributed by atoms with E-state index < -0.39 is 6.10 Å². The predicted octanol–water partition coefficient (Wildman–Crippen LogP) is 16.9. The van der Waals surface area contributed by atoms with E-state index >= 15 is 0 Å². The Labute approximate surface area is 377 Å². The molecule has 6 nitrogen and oxygen atoms in total. The van der Waals surface area contributed by atoms with Crippen LogP contribution in [0.4, 0.5) is 0 Å². The largest absolute Gasteiger partial charge is 0.462 e. The number of esters is 3. The predicted molar refractivity (Wildman–Crippen MR) is 261 cm³/mol. The molecule has 0 aliphatic carbocycles. The second-order valence-corrected chi connectivity index (χ2v) is 17.0. The lowest BCUT2D eigenvalue weighted by Gasteiger charge is -2.18. The molecule has 61 heavy (non-hydrogen) atoms. The van der Waals surface area contributed by atoms with Gasteiger partial charge in [0.05, 0.1) is 0 Å². The van der Waals surface area contributed by atoms with Gasteiger partial charge in [-0.25, -0.2) is 0 Å². The summed E-state index contributed by atoms with van der Waals surface area (Å²) in [5, 5.41) is 0. The third-order valence-electron chi connectivity index (χ3n) is 11.0. The Morgan fingerprint density at radius 1 is 0.344 bits per heavy atom. The van der Waals surface area contributed by atoms with Crippen molar-refractivity contribution in [3.63, 3.8) is 0 Å². The average Bonchev–Trinajstić information content (AvgIpc) is 3.26. The maximum atomic E-state index is 12.8. The van der Waals surface area contributed by atoms with E-state index in [2.05, 4.69) is 81.5 Å². The summed E-state index contributed by atoms with van der Waals surface area (Å²) >= 11 is 0. The number of hydrogen-bond acceptors (Lipinski definition) is 6. The quantitative estimate of drug-likeness (QED) is 0.0263. The van der Waals surface area contributed by atoms with Gasteiger partial charge < -0.3 is 14.2 Å². The van der Waals surface area contributed by atoms with Crippen molar-refractivity contribution in [2.24, 2.45) is 0 Å². The molecule has 0 N–H and O–H groups in total. The van der Waals surface area contributed by atoms with Crippen LogP contribution in [-0.4, -0.2) is 37.2 Å². The van der Waals surface area contributed by atoms with Crippen LogP contribution in [0.5, 0.6) is 0 Å². The van der Waals surface area contributed by atoms with E-state index in [9.17, 15) is 14.4 Å². The molecule has 0 saturated carbocycles. The normalized spacial score (nSPS) is 12.5. The molecule has 0 aromatic rings. The lowest BCUT2D eigenvalue weighted by molar-refractivity contribution is -0.167. The first-order chi connectivity index (χ1) is 30.0. The smallest absolute Gasteiger partial charge is 0.306 e. The lowest BCUT2D eigenvalue weighted by Crippen LogP contribution is -2.30. The van der Waals surface area contributed by atoms with Crippen LogP contribution in [0.3, 0.4) is 0 Å². The second kappa shape index (κ2) is 49.8. The van der Waals surface area contributed by atoms with Gasteiger partial charge in [0.25, 0.3) is 0 Å². The molecule has 0 aromatic heterocycles. The van der Waals surface area contributed by atoms with E-state index in [-0.39, 0.29) is 31.1 Å². The number of allylic oxidation sites excluding steroid dienone is 10. The number of carbonyl (C=O) groups is 3. The summed E-state index contributed by atoms with van der Waals surface area (Å²) in [5.41, 5.74) is 0. The van der Waals surface area contributed by atoms with Crippen molar-refractivity contribution >= 4 is 17.9 Å². The molecule has 0 aromatic carbocycles. The van der Waals surface area contributed by atoms with Crippen LogP contribution in [0.15, 0.2) is 60.8 Å². The van der Waals surface area contributed by atoms with Crippen LogP contribution in [0.25, 0.3) is 0 Å². The third kappa shape index (κ3) is 48.0. The molecule has 0 aliphatic heterocycles. The molecule has 0 spiro atoms. The number of ether oxygens (including phenoxy) is 3. The Bertz CT molecular complexity index is 1120. The van der Waals surface area contributed by atoms with Crippen molar-refractivity contribution in [3.05, 3.63) is 60.8 Å². The molecule has 1 atom stereocenters. The van der Waals surface area contributed by atoms with E-state index in [0.29, 0.717) is 19.3 Å². The molecule has 0 heterocycles. The molecular weight excluding hydrogens is 757 g/mol. The number of unbranched alkanes of at least 4 members (excludes halogenated alkanes) is 25. The van der Waals surface area contributed by atoms with E-state index in [1.54, 1.807) is 0 Å². The molecule has 0 bridgehead atoms. The van der Waals surface area contributed by atoms with Gasteiger partial charge in [-0.3, -0.25) is 14.4 Å². The summed E-state index contributed by atoms with van der Waals surface area (Å²) in [6.07, 6.45) is 60.6. The fourth-order valence-electron chi connectivity index (χ4n) is 7.09. The van der Waals surface area contributed by atoms with Crippen molar-refractivity contribution in [2.75, 3.05) is 13.2 Å². The van der Waals surface area contributed by atoms with Gasteiger partial charge in [-0.2, -0.15) is 0 Å². The highest BCUT2D eigenvalue weighted by Crippen LogP contribution is 2.14. The Balaban J connectivity index is 4.34. The topological polar surface area (TPSA) is 78.9 Å². The zero-order chi connectivity index (χ0) is 44.4. The average molecular weight is 853 g/mol. The summed E-state index contributed by atoms with van der Waals surface area (Å²) in [5.74, 6) is -0.903. The van der Waals surface area contributed by atoms with Gasteiger partial charge in [0, 0.05) is 19.3 Å². The van der Waals surface area contributed by atoms with Crippen molar-refractivity contribution in [2.45, 2.75) is 258 Å². The molecule has 0 aliphatic rings. The molecule has 352 valence electrons. The van der Waals surface area contributed by atoms with E-state index in [1.807, 2.05) is 0 Å². The van der Waals surface area contributed by atoms with Crippen molar-refractivity contribution < 1.29 is 28.6 Å². The second-order valence-electron chi connectivity index (χ2n) is 17.0. The monoisotopic (exact) mass is 853 g/mol. The van der Waals surface area contributed by atoms with Crippen molar-refractivity contribution in [3.8, 4) is 0 Å². The van der Waals surface area contributed by atoms with Crippen LogP contribution in [0.2, 0.25) is 0 Å². The fraction of sp³-hybridized carbons (Fsp3) is 0.764. The van der Waals surface area contributed by atoms with Crippen molar-refractivity contribution in [1.82, 2.24) is 0 Å². The highest BCUT2D eigenvalue weighted by Gasteiger charge is 2.19. The van der Waals surface area contributed by atoms with Crippen LogP contribution in [0, 0.1) is 0 Å². The number of carbonyl (C=O) groups excluding carboxylic acids is 3. The molecule has 1 unspecified atom stereocenters. The Morgan fingerprint density at radius 2 is 0.639 bits per heavy atom. The van der Waals surface area contributed by atoms with E-state index in [1.165, 1.54) is 116 Å². The maximum Gasteiger partial charge on any atom is 0.306 e. The van der Waals surface area contributed by atoms with Gasteiger partial charge in [-0.15, -0.1) is 0 Å². The fourth-order valence-corrected chi connectivity index (χ4v) is 7.09. The first-order valence-electron chi connectivity index (χ1n) is 25.8. The molecule has 0 radical (unpaired) electrons. The molecule has 0 saturated heterocycles. The van der Waals surface area contributed by atoms with E-state index in [0.717, 1.165) is 96.3 Å². The van der Waals surface area contributed by atoms with Crippen LogP contribution in [0.1, 0.15) is 252 Å². The Morgan fingerprint density at radius 3 is 1.02 bits per heavy atom. The highest BCUT2D eigenvalue weighted by molar-refractivity contribution is 5.71. The molecule has 0 rings (SSSR count). The Kier molecular flexibility index (Phi) is 47.4. The van der Waals surface area contributed by atoms with Gasteiger partial charge in [-0.1, -0.05) is 191 Å². The number of rotatable bonds is 46. The first kappa shape index (κ1) is 58.1. The third-order valence-corrected chi connectivity index (χ3v) is 11.0. The van der Waals surface area contributed by atoms with Crippen LogP contribution < -0.4 is 0 Å². The maximum absolute atomic E-state index is 12.8. The SMILES string of the molecule is CC/C=C\C/C=C\C/C=C\CCCCCCCCCCCC(=O)OCC(COC(=O)CCCCCCC/C=C\CCCCC)OC(=O)CCCCCCC/C=C\CCCCC.